The largest absolute Gasteiger partial charge is 0.450 e. The van der Waals surface area contributed by atoms with Gasteiger partial charge in [0, 0.05) is 31.6 Å². The molecule has 5 nitrogen and oxygen atoms in total. The minimum atomic E-state index is -0.238. The van der Waals surface area contributed by atoms with Crippen molar-refractivity contribution >= 4 is 44.2 Å². The summed E-state index contributed by atoms with van der Waals surface area (Å²) >= 11 is 3.46. The number of anilines is 2. The van der Waals surface area contributed by atoms with Gasteiger partial charge in [-0.1, -0.05) is 31.2 Å². The average molecular weight is 428 g/mol. The third-order valence-corrected chi connectivity index (χ3v) is 5.66. The first-order chi connectivity index (χ1) is 13.2. The number of benzene rings is 2. The van der Waals surface area contributed by atoms with E-state index in [0.29, 0.717) is 11.3 Å². The van der Waals surface area contributed by atoms with E-state index in [0.717, 1.165) is 54.0 Å². The fourth-order valence-corrected chi connectivity index (χ4v) is 3.95. The van der Waals surface area contributed by atoms with E-state index < -0.39 is 0 Å². The van der Waals surface area contributed by atoms with Crippen molar-refractivity contribution in [3.63, 3.8) is 0 Å². The lowest BCUT2D eigenvalue weighted by atomic mass is 10.2. The molecule has 1 N–H and O–H groups in total. The summed E-state index contributed by atoms with van der Waals surface area (Å²) in [4.78, 5) is 17.5. The number of nitrogens with zero attached hydrogens (tertiary/aromatic N) is 2. The maximum atomic E-state index is 12.8. The molecule has 1 aliphatic heterocycles. The summed E-state index contributed by atoms with van der Waals surface area (Å²) in [6.45, 7) is 7.26. The van der Waals surface area contributed by atoms with Gasteiger partial charge in [-0.15, -0.1) is 0 Å². The van der Waals surface area contributed by atoms with Gasteiger partial charge in [-0.2, -0.15) is 0 Å². The first-order valence-corrected chi connectivity index (χ1v) is 10.0. The van der Waals surface area contributed by atoms with Crippen molar-refractivity contribution in [1.29, 1.82) is 0 Å². The van der Waals surface area contributed by atoms with E-state index in [4.69, 9.17) is 4.42 Å². The van der Waals surface area contributed by atoms with Gasteiger partial charge in [-0.25, -0.2) is 0 Å². The Morgan fingerprint density at radius 2 is 1.89 bits per heavy atom. The Morgan fingerprint density at radius 3 is 2.63 bits per heavy atom. The molecule has 1 saturated heterocycles. The molecule has 0 unspecified atom stereocenters. The molecule has 27 heavy (non-hydrogen) atoms. The van der Waals surface area contributed by atoms with Crippen molar-refractivity contribution in [2.45, 2.75) is 6.92 Å². The molecule has 1 amide bonds. The molecule has 0 aliphatic carbocycles. The highest BCUT2D eigenvalue weighted by Crippen LogP contribution is 2.30. The number of carbonyl (C=O) groups excluding carboxylic acids is 1. The van der Waals surface area contributed by atoms with Gasteiger partial charge in [0.2, 0.25) is 0 Å². The third-order valence-electron chi connectivity index (χ3n) is 5.03. The van der Waals surface area contributed by atoms with E-state index in [1.807, 2.05) is 36.4 Å². The lowest BCUT2D eigenvalue weighted by Crippen LogP contribution is -2.46. The molecule has 0 atom stereocenters. The monoisotopic (exact) mass is 427 g/mol. The second-order valence-electron chi connectivity index (χ2n) is 6.66. The summed E-state index contributed by atoms with van der Waals surface area (Å²) in [6, 6.07) is 15.5. The molecule has 1 aromatic heterocycles. The summed E-state index contributed by atoms with van der Waals surface area (Å²) in [5, 5.41) is 3.93. The van der Waals surface area contributed by atoms with Gasteiger partial charge < -0.3 is 19.5 Å². The van der Waals surface area contributed by atoms with Crippen LogP contribution in [-0.4, -0.2) is 43.5 Å². The Hall–Kier alpha value is -2.31. The smallest absolute Gasteiger partial charge is 0.291 e. The Kier molecular flexibility index (Phi) is 5.18. The second kappa shape index (κ2) is 7.74. The minimum Gasteiger partial charge on any atom is -0.450 e. The number of halogens is 1. The molecule has 0 saturated carbocycles. The molecule has 0 spiro atoms. The summed E-state index contributed by atoms with van der Waals surface area (Å²) in [5.74, 6) is 0.0697. The van der Waals surface area contributed by atoms with Crippen LogP contribution in [0.4, 0.5) is 11.4 Å². The Balaban J connectivity index is 1.55. The molecule has 4 rings (SSSR count). The number of rotatable bonds is 4. The van der Waals surface area contributed by atoms with Gasteiger partial charge in [0.15, 0.2) is 5.76 Å². The Morgan fingerprint density at radius 1 is 1.11 bits per heavy atom. The number of piperazine rings is 1. The van der Waals surface area contributed by atoms with E-state index in [-0.39, 0.29) is 5.91 Å². The van der Waals surface area contributed by atoms with Crippen molar-refractivity contribution in [2.24, 2.45) is 0 Å². The maximum absolute atomic E-state index is 12.8. The summed E-state index contributed by atoms with van der Waals surface area (Å²) in [5.41, 5.74) is 2.55. The van der Waals surface area contributed by atoms with E-state index in [9.17, 15) is 4.79 Å². The van der Waals surface area contributed by atoms with Crippen molar-refractivity contribution in [1.82, 2.24) is 4.90 Å². The summed E-state index contributed by atoms with van der Waals surface area (Å²) < 4.78 is 6.61. The molecular weight excluding hydrogens is 406 g/mol. The first kappa shape index (κ1) is 18.1. The van der Waals surface area contributed by atoms with Crippen LogP contribution in [0.3, 0.4) is 0 Å². The molecule has 2 aromatic carbocycles. The normalized spacial score (nSPS) is 15.3. The average Bonchev–Trinajstić information content (AvgIpc) is 3.15. The van der Waals surface area contributed by atoms with Gasteiger partial charge in [-0.05, 0) is 46.7 Å². The highest BCUT2D eigenvalue weighted by atomic mass is 79.9. The number of nitrogens with one attached hydrogen (secondary N) is 1. The summed E-state index contributed by atoms with van der Waals surface area (Å²) in [6.07, 6.45) is 0. The van der Waals surface area contributed by atoms with Crippen LogP contribution in [0, 0.1) is 0 Å². The standard InChI is InChI=1S/C21H22BrN3O2/c1-2-24-10-12-25(13-11-24)18-9-4-3-8-17(18)23-21(26)19-14-15-6-5-7-16(22)20(15)27-19/h3-9,14H,2,10-13H2,1H3,(H,23,26). The molecular formula is C21H22BrN3O2. The number of furan rings is 1. The fourth-order valence-electron chi connectivity index (χ4n) is 3.48. The lowest BCUT2D eigenvalue weighted by Gasteiger charge is -2.36. The molecule has 6 heteroatoms. The zero-order valence-electron chi connectivity index (χ0n) is 15.2. The van der Waals surface area contributed by atoms with Crippen LogP contribution in [0.1, 0.15) is 17.5 Å². The Labute approximate surface area is 167 Å². The SMILES string of the molecule is CCN1CCN(c2ccccc2NC(=O)c2cc3cccc(Br)c3o2)CC1. The topological polar surface area (TPSA) is 48.7 Å². The number of para-hydroxylation sites is 3. The van der Waals surface area contributed by atoms with Crippen LogP contribution in [-0.2, 0) is 0 Å². The van der Waals surface area contributed by atoms with E-state index in [1.165, 1.54) is 0 Å². The molecule has 1 fully saturated rings. The first-order valence-electron chi connectivity index (χ1n) is 9.21. The second-order valence-corrected chi connectivity index (χ2v) is 7.52. The van der Waals surface area contributed by atoms with Crippen molar-refractivity contribution < 1.29 is 9.21 Å². The highest BCUT2D eigenvalue weighted by molar-refractivity contribution is 9.10. The predicted octanol–water partition coefficient (Wildman–Crippen LogP) is 4.59. The van der Waals surface area contributed by atoms with Crippen LogP contribution in [0.5, 0.6) is 0 Å². The predicted molar refractivity (Wildman–Crippen MR) is 113 cm³/mol. The fraction of sp³-hybridized carbons (Fsp3) is 0.286. The van der Waals surface area contributed by atoms with Gasteiger partial charge in [0.05, 0.1) is 15.8 Å². The molecule has 3 aromatic rings. The van der Waals surface area contributed by atoms with Gasteiger partial charge in [-0.3, -0.25) is 4.79 Å². The summed E-state index contributed by atoms with van der Waals surface area (Å²) in [7, 11) is 0. The van der Waals surface area contributed by atoms with Crippen molar-refractivity contribution in [3.8, 4) is 0 Å². The lowest BCUT2D eigenvalue weighted by molar-refractivity contribution is 0.0998. The van der Waals surface area contributed by atoms with Crippen LogP contribution in [0.25, 0.3) is 11.0 Å². The van der Waals surface area contributed by atoms with Gasteiger partial charge in [0.1, 0.15) is 5.58 Å². The highest BCUT2D eigenvalue weighted by Gasteiger charge is 2.20. The molecule has 1 aliphatic rings. The minimum absolute atomic E-state index is 0.238. The molecule has 2 heterocycles. The Bertz CT molecular complexity index is 961. The number of carbonyl (C=O) groups is 1. The van der Waals surface area contributed by atoms with Crippen LogP contribution >= 0.6 is 15.9 Å². The van der Waals surface area contributed by atoms with Crippen molar-refractivity contribution in [2.75, 3.05) is 42.9 Å². The quantitative estimate of drug-likeness (QED) is 0.661. The third kappa shape index (κ3) is 3.73. The number of likely N-dealkylation sites (N-methyl/N-ethyl adjacent to an activating group) is 1. The zero-order chi connectivity index (χ0) is 18.8. The number of hydrogen-bond acceptors (Lipinski definition) is 4. The van der Waals surface area contributed by atoms with Gasteiger partial charge >= 0.3 is 0 Å². The van der Waals surface area contributed by atoms with Crippen LogP contribution < -0.4 is 10.2 Å². The van der Waals surface area contributed by atoms with E-state index >= 15 is 0 Å². The van der Waals surface area contributed by atoms with Crippen LogP contribution in [0.2, 0.25) is 0 Å². The molecule has 140 valence electrons. The van der Waals surface area contributed by atoms with E-state index in [2.05, 4.69) is 44.0 Å². The number of fused-ring (bicyclic) bond motifs is 1. The molecule has 0 radical (unpaired) electrons. The zero-order valence-corrected chi connectivity index (χ0v) is 16.8. The van der Waals surface area contributed by atoms with Crippen molar-refractivity contribution in [3.05, 3.63) is 58.8 Å². The number of hydrogen-bond donors (Lipinski definition) is 1. The van der Waals surface area contributed by atoms with Gasteiger partial charge in [0.25, 0.3) is 5.91 Å². The maximum Gasteiger partial charge on any atom is 0.291 e. The molecule has 0 bridgehead atoms. The number of amides is 1. The van der Waals surface area contributed by atoms with E-state index in [1.54, 1.807) is 6.07 Å². The van der Waals surface area contributed by atoms with Crippen LogP contribution in [0.15, 0.2) is 57.4 Å².